The van der Waals surface area contributed by atoms with E-state index < -0.39 is 5.60 Å². The van der Waals surface area contributed by atoms with Crippen molar-refractivity contribution in [2.75, 3.05) is 13.1 Å². The van der Waals surface area contributed by atoms with Gasteiger partial charge in [-0.2, -0.15) is 0 Å². The maximum atomic E-state index is 13.1. The molecule has 5 nitrogen and oxygen atoms in total. The predicted octanol–water partition coefficient (Wildman–Crippen LogP) is 3.72. The lowest BCUT2D eigenvalue weighted by molar-refractivity contribution is -0.0163. The van der Waals surface area contributed by atoms with Crippen LogP contribution >= 0.6 is 11.3 Å². The summed E-state index contributed by atoms with van der Waals surface area (Å²) in [6, 6.07) is 13.8. The van der Waals surface area contributed by atoms with Crippen molar-refractivity contribution in [2.45, 2.75) is 31.8 Å². The molecular weight excluding hydrogens is 370 g/mol. The first-order valence-corrected chi connectivity index (χ1v) is 10.3. The Labute approximate surface area is 168 Å². The highest BCUT2D eigenvalue weighted by Gasteiger charge is 2.35. The Morgan fingerprint density at radius 2 is 1.82 bits per heavy atom. The number of nitrogens with zero attached hydrogens (tertiary/aromatic N) is 3. The third-order valence-electron chi connectivity index (χ3n) is 5.24. The average Bonchev–Trinajstić information content (AvgIpc) is 3.11. The van der Waals surface area contributed by atoms with Crippen LogP contribution in [0.1, 0.15) is 33.9 Å². The minimum absolute atomic E-state index is 0.0575. The van der Waals surface area contributed by atoms with Gasteiger partial charge in [0.2, 0.25) is 0 Å². The van der Waals surface area contributed by atoms with Crippen LogP contribution in [-0.4, -0.2) is 44.6 Å². The second kappa shape index (κ2) is 7.81. The van der Waals surface area contributed by atoms with Crippen LogP contribution < -0.4 is 0 Å². The van der Waals surface area contributed by atoms with Gasteiger partial charge in [-0.3, -0.25) is 9.78 Å². The Morgan fingerprint density at radius 3 is 2.50 bits per heavy atom. The highest BCUT2D eigenvalue weighted by atomic mass is 32.1. The zero-order valence-electron chi connectivity index (χ0n) is 15.8. The van der Waals surface area contributed by atoms with Crippen LogP contribution in [0.3, 0.4) is 0 Å². The molecule has 1 amide bonds. The molecule has 1 fully saturated rings. The summed E-state index contributed by atoms with van der Waals surface area (Å²) in [5.74, 6) is -0.0575. The van der Waals surface area contributed by atoms with Crippen LogP contribution in [0.4, 0.5) is 0 Å². The molecule has 0 saturated carbocycles. The number of carbonyl (C=O) groups excluding carboxylic acids is 1. The molecule has 0 aliphatic carbocycles. The first kappa shape index (κ1) is 18.8. The SMILES string of the molecule is Cc1nc(C(=O)N2CCC(O)(Cc3ccccc3)CC2)c(-c2ccncc2)s1. The van der Waals surface area contributed by atoms with E-state index in [9.17, 15) is 9.90 Å². The molecule has 3 aromatic rings. The highest BCUT2D eigenvalue weighted by molar-refractivity contribution is 7.15. The first-order chi connectivity index (χ1) is 13.5. The maximum absolute atomic E-state index is 13.1. The van der Waals surface area contributed by atoms with Crippen molar-refractivity contribution in [3.63, 3.8) is 0 Å². The van der Waals surface area contributed by atoms with Gasteiger partial charge < -0.3 is 10.0 Å². The van der Waals surface area contributed by atoms with Gasteiger partial charge >= 0.3 is 0 Å². The lowest BCUT2D eigenvalue weighted by Crippen LogP contribution is -2.47. The normalized spacial score (nSPS) is 16.1. The van der Waals surface area contributed by atoms with Crippen molar-refractivity contribution in [2.24, 2.45) is 0 Å². The van der Waals surface area contributed by atoms with Crippen LogP contribution in [0.25, 0.3) is 10.4 Å². The summed E-state index contributed by atoms with van der Waals surface area (Å²) in [5.41, 5.74) is 1.83. The highest BCUT2D eigenvalue weighted by Crippen LogP contribution is 2.32. The summed E-state index contributed by atoms with van der Waals surface area (Å²) in [6.45, 7) is 2.99. The summed E-state index contributed by atoms with van der Waals surface area (Å²) in [7, 11) is 0. The van der Waals surface area contributed by atoms with Crippen LogP contribution in [0.5, 0.6) is 0 Å². The molecule has 0 bridgehead atoms. The quantitative estimate of drug-likeness (QED) is 0.734. The van der Waals surface area contributed by atoms with Crippen molar-refractivity contribution in [1.29, 1.82) is 0 Å². The van der Waals surface area contributed by atoms with Crippen LogP contribution in [0.2, 0.25) is 0 Å². The molecule has 6 heteroatoms. The van der Waals surface area contributed by atoms with Crippen LogP contribution in [0.15, 0.2) is 54.9 Å². The summed E-state index contributed by atoms with van der Waals surface area (Å²) in [4.78, 5) is 24.4. The molecule has 3 heterocycles. The zero-order chi connectivity index (χ0) is 19.6. The molecule has 1 saturated heterocycles. The van der Waals surface area contributed by atoms with E-state index in [1.165, 1.54) is 11.3 Å². The second-order valence-electron chi connectivity index (χ2n) is 7.33. The summed E-state index contributed by atoms with van der Waals surface area (Å²) in [5, 5.41) is 11.8. The number of pyridine rings is 1. The van der Waals surface area contributed by atoms with Crippen molar-refractivity contribution in [3.05, 3.63) is 71.1 Å². The maximum Gasteiger partial charge on any atom is 0.273 e. The Hall–Kier alpha value is -2.57. The average molecular weight is 394 g/mol. The van der Waals surface area contributed by atoms with E-state index in [1.807, 2.05) is 54.3 Å². The molecule has 1 N–H and O–H groups in total. The molecule has 0 spiro atoms. The Morgan fingerprint density at radius 1 is 1.14 bits per heavy atom. The van der Waals surface area contributed by atoms with Gasteiger partial charge in [-0.05, 0) is 43.0 Å². The van der Waals surface area contributed by atoms with Crippen molar-refractivity contribution in [3.8, 4) is 10.4 Å². The van der Waals surface area contributed by atoms with Crippen molar-refractivity contribution < 1.29 is 9.90 Å². The Bertz CT molecular complexity index is 948. The molecule has 144 valence electrons. The molecule has 2 aromatic heterocycles. The Kier molecular flexibility index (Phi) is 5.24. The molecule has 1 aliphatic heterocycles. The number of aryl methyl sites for hydroxylation is 1. The number of carbonyl (C=O) groups is 1. The number of hydrogen-bond donors (Lipinski definition) is 1. The fourth-order valence-electron chi connectivity index (χ4n) is 3.70. The van der Waals surface area contributed by atoms with E-state index in [-0.39, 0.29) is 5.91 Å². The molecule has 28 heavy (non-hydrogen) atoms. The van der Waals surface area contributed by atoms with E-state index in [0.717, 1.165) is 21.0 Å². The first-order valence-electron chi connectivity index (χ1n) is 9.47. The molecule has 4 rings (SSSR count). The standard InChI is InChI=1S/C22H23N3O2S/c1-16-24-19(20(28-16)18-7-11-23-12-8-18)21(26)25-13-9-22(27,10-14-25)15-17-5-3-2-4-6-17/h2-8,11-12,27H,9-10,13-15H2,1H3. The summed E-state index contributed by atoms with van der Waals surface area (Å²) in [6.07, 6.45) is 5.21. The van der Waals surface area contributed by atoms with E-state index in [4.69, 9.17) is 0 Å². The molecule has 1 aliphatic rings. The smallest absolute Gasteiger partial charge is 0.273 e. The van der Waals surface area contributed by atoms with E-state index in [1.54, 1.807) is 12.4 Å². The summed E-state index contributed by atoms with van der Waals surface area (Å²) < 4.78 is 0. The van der Waals surface area contributed by atoms with Crippen molar-refractivity contribution in [1.82, 2.24) is 14.9 Å². The Balaban J connectivity index is 1.48. The minimum Gasteiger partial charge on any atom is -0.389 e. The van der Waals surface area contributed by atoms with Gasteiger partial charge in [0, 0.05) is 31.9 Å². The number of amides is 1. The third-order valence-corrected chi connectivity index (χ3v) is 6.26. The monoisotopic (exact) mass is 393 g/mol. The predicted molar refractivity (Wildman–Crippen MR) is 110 cm³/mol. The van der Waals surface area contributed by atoms with Crippen molar-refractivity contribution >= 4 is 17.2 Å². The number of aromatic nitrogens is 2. The van der Waals surface area contributed by atoms with E-state index in [2.05, 4.69) is 9.97 Å². The molecule has 0 atom stereocenters. The van der Waals surface area contributed by atoms with Crippen LogP contribution in [0, 0.1) is 6.92 Å². The molecular formula is C22H23N3O2S. The number of likely N-dealkylation sites (tertiary alicyclic amines) is 1. The fourth-order valence-corrected chi connectivity index (χ4v) is 4.62. The van der Waals surface area contributed by atoms with E-state index >= 15 is 0 Å². The summed E-state index contributed by atoms with van der Waals surface area (Å²) >= 11 is 1.53. The number of rotatable bonds is 4. The van der Waals surface area contributed by atoms with Gasteiger partial charge in [0.25, 0.3) is 5.91 Å². The number of piperidine rings is 1. The number of benzene rings is 1. The topological polar surface area (TPSA) is 66.3 Å². The van der Waals surface area contributed by atoms with Gasteiger partial charge in [0.1, 0.15) is 5.69 Å². The number of thiazole rings is 1. The molecule has 1 aromatic carbocycles. The minimum atomic E-state index is -0.760. The number of aliphatic hydroxyl groups is 1. The zero-order valence-corrected chi connectivity index (χ0v) is 16.7. The second-order valence-corrected chi connectivity index (χ2v) is 8.53. The van der Waals surface area contributed by atoms with Gasteiger partial charge in [-0.15, -0.1) is 11.3 Å². The van der Waals surface area contributed by atoms with Gasteiger partial charge in [-0.25, -0.2) is 4.98 Å². The lowest BCUT2D eigenvalue weighted by atomic mass is 9.85. The lowest BCUT2D eigenvalue weighted by Gasteiger charge is -2.38. The molecule has 0 unspecified atom stereocenters. The van der Waals surface area contributed by atoms with Gasteiger partial charge in [-0.1, -0.05) is 30.3 Å². The molecule has 0 radical (unpaired) electrons. The van der Waals surface area contributed by atoms with E-state index in [0.29, 0.717) is 38.0 Å². The third kappa shape index (κ3) is 3.98. The fraction of sp³-hybridized carbons (Fsp3) is 0.318. The van der Waals surface area contributed by atoms with Crippen LogP contribution in [-0.2, 0) is 6.42 Å². The largest absolute Gasteiger partial charge is 0.389 e. The number of hydrogen-bond acceptors (Lipinski definition) is 5. The van der Waals surface area contributed by atoms with Gasteiger partial charge in [0.05, 0.1) is 15.5 Å². The van der Waals surface area contributed by atoms with Gasteiger partial charge in [0.15, 0.2) is 0 Å².